The van der Waals surface area contributed by atoms with Gasteiger partial charge < -0.3 is 15.5 Å². The highest BCUT2D eigenvalue weighted by atomic mass is 16.2. The Balaban J connectivity index is 1.59. The molecule has 1 saturated heterocycles. The van der Waals surface area contributed by atoms with Gasteiger partial charge in [-0.2, -0.15) is 0 Å². The van der Waals surface area contributed by atoms with E-state index in [1.807, 2.05) is 30.3 Å². The van der Waals surface area contributed by atoms with Crippen LogP contribution in [0.5, 0.6) is 0 Å². The molecule has 26 heavy (non-hydrogen) atoms. The number of benzene rings is 1. The number of anilines is 1. The van der Waals surface area contributed by atoms with Crippen molar-refractivity contribution in [2.45, 2.75) is 44.7 Å². The van der Waals surface area contributed by atoms with Gasteiger partial charge in [-0.1, -0.05) is 18.2 Å². The van der Waals surface area contributed by atoms with Crippen LogP contribution in [-0.2, 0) is 4.79 Å². The molecule has 0 bridgehead atoms. The van der Waals surface area contributed by atoms with Crippen LogP contribution in [0, 0.1) is 0 Å². The number of amides is 2. The summed E-state index contributed by atoms with van der Waals surface area (Å²) in [5.74, 6) is 0.845. The number of aromatic nitrogens is 1. The molecule has 6 nitrogen and oxygen atoms in total. The number of hydrogen-bond acceptors (Lipinski definition) is 4. The van der Waals surface area contributed by atoms with Gasteiger partial charge in [-0.05, 0) is 37.8 Å². The number of carbonyl (C=O) groups excluding carboxylic acids is 2. The second-order valence-electron chi connectivity index (χ2n) is 7.25. The van der Waals surface area contributed by atoms with Crippen LogP contribution in [0.4, 0.5) is 5.82 Å². The third kappa shape index (κ3) is 3.64. The fourth-order valence-corrected chi connectivity index (χ4v) is 3.54. The van der Waals surface area contributed by atoms with Crippen LogP contribution in [0.3, 0.4) is 0 Å². The molecule has 1 aliphatic heterocycles. The van der Waals surface area contributed by atoms with Crippen LogP contribution in [0.15, 0.2) is 30.3 Å². The zero-order valence-corrected chi connectivity index (χ0v) is 15.0. The molecule has 2 N–H and O–H groups in total. The standard InChI is InChI=1S/C20H24N4O2/c1-13(25)21-15-8-10-24(11-9-15)19-12-17(20(26)22-14-6-7-14)16-4-2-3-5-18(16)23-19/h2-5,12,14-15H,6-11H2,1H3,(H,21,25)(H,22,26). The summed E-state index contributed by atoms with van der Waals surface area (Å²) in [7, 11) is 0. The van der Waals surface area contributed by atoms with Crippen LogP contribution in [0.25, 0.3) is 10.9 Å². The molecule has 2 heterocycles. The van der Waals surface area contributed by atoms with Gasteiger partial charge in [0, 0.05) is 37.5 Å². The van der Waals surface area contributed by atoms with Crippen LogP contribution in [0.1, 0.15) is 43.0 Å². The number of pyridine rings is 1. The molecule has 1 saturated carbocycles. The molecule has 2 amide bonds. The van der Waals surface area contributed by atoms with Crippen LogP contribution in [-0.4, -0.2) is 42.0 Å². The third-order valence-electron chi connectivity index (χ3n) is 5.09. The number of nitrogens with one attached hydrogen (secondary N) is 2. The van der Waals surface area contributed by atoms with E-state index >= 15 is 0 Å². The molecule has 0 spiro atoms. The first-order valence-electron chi connectivity index (χ1n) is 9.33. The van der Waals surface area contributed by atoms with Gasteiger partial charge in [0.1, 0.15) is 5.82 Å². The summed E-state index contributed by atoms with van der Waals surface area (Å²) >= 11 is 0. The first-order valence-corrected chi connectivity index (χ1v) is 9.33. The molecule has 2 aliphatic rings. The summed E-state index contributed by atoms with van der Waals surface area (Å²) in [6.45, 7) is 3.20. The molecule has 1 aromatic carbocycles. The molecule has 0 unspecified atom stereocenters. The van der Waals surface area contributed by atoms with E-state index in [1.165, 1.54) is 0 Å². The largest absolute Gasteiger partial charge is 0.356 e. The fraction of sp³-hybridized carbons (Fsp3) is 0.450. The number of piperidine rings is 1. The van der Waals surface area contributed by atoms with Gasteiger partial charge in [0.25, 0.3) is 5.91 Å². The minimum atomic E-state index is -0.0134. The van der Waals surface area contributed by atoms with E-state index in [9.17, 15) is 9.59 Å². The highest BCUT2D eigenvalue weighted by Gasteiger charge is 2.26. The van der Waals surface area contributed by atoms with E-state index in [-0.39, 0.29) is 17.9 Å². The topological polar surface area (TPSA) is 74.3 Å². The number of carbonyl (C=O) groups is 2. The van der Waals surface area contributed by atoms with Crippen LogP contribution in [0.2, 0.25) is 0 Å². The van der Waals surface area contributed by atoms with Crippen molar-refractivity contribution >= 4 is 28.5 Å². The predicted molar refractivity (Wildman–Crippen MR) is 101 cm³/mol. The van der Waals surface area contributed by atoms with E-state index in [2.05, 4.69) is 15.5 Å². The zero-order chi connectivity index (χ0) is 18.1. The van der Waals surface area contributed by atoms with Gasteiger partial charge in [0.2, 0.25) is 5.91 Å². The Morgan fingerprint density at radius 3 is 2.42 bits per heavy atom. The maximum atomic E-state index is 12.7. The first-order chi connectivity index (χ1) is 12.6. The monoisotopic (exact) mass is 352 g/mol. The molecule has 4 rings (SSSR count). The van der Waals surface area contributed by atoms with Crippen LogP contribution >= 0.6 is 0 Å². The second-order valence-corrected chi connectivity index (χ2v) is 7.25. The number of fused-ring (bicyclic) bond motifs is 1. The summed E-state index contributed by atoms with van der Waals surface area (Å²) in [5, 5.41) is 6.97. The Bertz CT molecular complexity index is 839. The van der Waals surface area contributed by atoms with Gasteiger partial charge in [0.05, 0.1) is 11.1 Å². The average molecular weight is 352 g/mol. The van der Waals surface area contributed by atoms with E-state index in [0.29, 0.717) is 11.6 Å². The molecule has 0 atom stereocenters. The SMILES string of the molecule is CC(=O)NC1CCN(c2cc(C(=O)NC3CC3)c3ccccc3n2)CC1. The molecule has 2 aromatic rings. The molecule has 6 heteroatoms. The van der Waals surface area contributed by atoms with E-state index in [4.69, 9.17) is 4.98 Å². The zero-order valence-electron chi connectivity index (χ0n) is 15.0. The first kappa shape index (κ1) is 16.8. The van der Waals surface area contributed by atoms with Crippen molar-refractivity contribution in [1.29, 1.82) is 0 Å². The Labute approximate surface area is 153 Å². The van der Waals surface area contributed by atoms with Gasteiger partial charge in [-0.15, -0.1) is 0 Å². The smallest absolute Gasteiger partial charge is 0.252 e. The number of hydrogen-bond donors (Lipinski definition) is 2. The van der Waals surface area contributed by atoms with Crippen molar-refractivity contribution < 1.29 is 9.59 Å². The summed E-state index contributed by atoms with van der Waals surface area (Å²) in [6.07, 6.45) is 3.91. The maximum Gasteiger partial charge on any atom is 0.252 e. The molecule has 136 valence electrons. The molecular weight excluding hydrogens is 328 g/mol. The number of para-hydroxylation sites is 1. The van der Waals surface area contributed by atoms with E-state index in [1.54, 1.807) is 6.92 Å². The Hall–Kier alpha value is -2.63. The Morgan fingerprint density at radius 1 is 1.04 bits per heavy atom. The van der Waals surface area contributed by atoms with Crippen molar-refractivity contribution in [2.75, 3.05) is 18.0 Å². The summed E-state index contributed by atoms with van der Waals surface area (Å²) in [5.41, 5.74) is 1.54. The second kappa shape index (κ2) is 6.94. The predicted octanol–water partition coefficient (Wildman–Crippen LogP) is 2.23. The lowest BCUT2D eigenvalue weighted by atomic mass is 10.0. The minimum absolute atomic E-state index is 0.0134. The highest BCUT2D eigenvalue weighted by molar-refractivity contribution is 6.07. The van der Waals surface area contributed by atoms with Crippen molar-refractivity contribution in [3.8, 4) is 0 Å². The number of rotatable bonds is 4. The fourth-order valence-electron chi connectivity index (χ4n) is 3.54. The van der Waals surface area contributed by atoms with E-state index in [0.717, 1.165) is 55.5 Å². The van der Waals surface area contributed by atoms with Crippen molar-refractivity contribution in [3.63, 3.8) is 0 Å². The summed E-state index contributed by atoms with van der Waals surface area (Å²) in [4.78, 5) is 30.9. The molecular formula is C20H24N4O2. The van der Waals surface area contributed by atoms with Crippen molar-refractivity contribution in [1.82, 2.24) is 15.6 Å². The lowest BCUT2D eigenvalue weighted by Gasteiger charge is -2.33. The van der Waals surface area contributed by atoms with Gasteiger partial charge >= 0.3 is 0 Å². The normalized spacial score (nSPS) is 18.0. The van der Waals surface area contributed by atoms with Crippen molar-refractivity contribution in [3.05, 3.63) is 35.9 Å². The Morgan fingerprint density at radius 2 is 1.73 bits per heavy atom. The molecule has 0 radical (unpaired) electrons. The highest BCUT2D eigenvalue weighted by Crippen LogP contribution is 2.26. The molecule has 1 aromatic heterocycles. The van der Waals surface area contributed by atoms with Gasteiger partial charge in [0.15, 0.2) is 0 Å². The summed E-state index contributed by atoms with van der Waals surface area (Å²) < 4.78 is 0. The van der Waals surface area contributed by atoms with Crippen LogP contribution < -0.4 is 15.5 Å². The minimum Gasteiger partial charge on any atom is -0.356 e. The average Bonchev–Trinajstić information content (AvgIpc) is 3.45. The number of nitrogens with zero attached hydrogens (tertiary/aromatic N) is 2. The maximum absolute atomic E-state index is 12.7. The lowest BCUT2D eigenvalue weighted by molar-refractivity contribution is -0.119. The summed E-state index contributed by atoms with van der Waals surface area (Å²) in [6, 6.07) is 10.3. The van der Waals surface area contributed by atoms with Gasteiger partial charge in [-0.3, -0.25) is 9.59 Å². The Kier molecular flexibility index (Phi) is 4.49. The van der Waals surface area contributed by atoms with Crippen molar-refractivity contribution in [2.24, 2.45) is 0 Å². The molecule has 1 aliphatic carbocycles. The van der Waals surface area contributed by atoms with E-state index < -0.39 is 0 Å². The quantitative estimate of drug-likeness (QED) is 0.885. The van der Waals surface area contributed by atoms with Gasteiger partial charge in [-0.25, -0.2) is 4.98 Å². The molecule has 2 fully saturated rings. The third-order valence-corrected chi connectivity index (χ3v) is 5.09. The lowest BCUT2D eigenvalue weighted by Crippen LogP contribution is -2.44.